The number of hydrogen-bond donors (Lipinski definition) is 2. The first-order valence-corrected chi connectivity index (χ1v) is 9.86. The van der Waals surface area contributed by atoms with E-state index in [2.05, 4.69) is 50.0 Å². The molecule has 0 unspecified atom stereocenters. The van der Waals surface area contributed by atoms with Crippen LogP contribution in [-0.2, 0) is 19.5 Å². The van der Waals surface area contributed by atoms with Crippen LogP contribution in [0.5, 0.6) is 0 Å². The summed E-state index contributed by atoms with van der Waals surface area (Å²) in [7, 11) is 1.77. The summed E-state index contributed by atoms with van der Waals surface area (Å²) in [6.45, 7) is 3.47. The van der Waals surface area contributed by atoms with Crippen LogP contribution >= 0.6 is 46.7 Å². The molecule has 0 amide bonds. The lowest BCUT2D eigenvalue weighted by Gasteiger charge is -2.09. The van der Waals surface area contributed by atoms with E-state index in [4.69, 9.17) is 0 Å². The van der Waals surface area contributed by atoms with E-state index < -0.39 is 0 Å². The van der Waals surface area contributed by atoms with Crippen molar-refractivity contribution in [2.24, 2.45) is 4.99 Å². The fourth-order valence-corrected chi connectivity index (χ4v) is 3.81. The summed E-state index contributed by atoms with van der Waals surface area (Å²) in [5.74, 6) is 0.754. The molecular weight excluding hydrogens is 477 g/mol. The third-order valence-electron chi connectivity index (χ3n) is 3.61. The van der Waals surface area contributed by atoms with Crippen LogP contribution in [0.2, 0.25) is 0 Å². The summed E-state index contributed by atoms with van der Waals surface area (Å²) in [6.07, 6.45) is 2.97. The number of nitrogens with zero attached hydrogens (tertiary/aromatic N) is 3. The van der Waals surface area contributed by atoms with Crippen molar-refractivity contribution in [3.8, 4) is 11.3 Å². The molecule has 0 aliphatic heterocycles. The van der Waals surface area contributed by atoms with Gasteiger partial charge in [0.25, 0.3) is 0 Å². The topological polar surface area (TPSA) is 62.2 Å². The summed E-state index contributed by atoms with van der Waals surface area (Å²) in [5, 5.41) is 10.8. The number of nitrogens with one attached hydrogen (secondary N) is 2. The van der Waals surface area contributed by atoms with Gasteiger partial charge in [0.2, 0.25) is 0 Å². The summed E-state index contributed by atoms with van der Waals surface area (Å²) in [5.41, 5.74) is 2.16. The van der Waals surface area contributed by atoms with Crippen molar-refractivity contribution >= 4 is 52.6 Å². The van der Waals surface area contributed by atoms with Crippen LogP contribution in [0, 0.1) is 0 Å². The number of aliphatic imine (C=N–C) groups is 1. The van der Waals surface area contributed by atoms with Crippen LogP contribution in [-0.4, -0.2) is 23.0 Å². The molecular formula is C18H22IN5S2. The Balaban J connectivity index is 0.00000243. The zero-order valence-electron chi connectivity index (χ0n) is 14.7. The Kier molecular flexibility index (Phi) is 8.46. The van der Waals surface area contributed by atoms with Gasteiger partial charge in [-0.05, 0) is 6.42 Å². The minimum atomic E-state index is 0. The number of thiazole rings is 2. The van der Waals surface area contributed by atoms with E-state index in [0.717, 1.165) is 33.7 Å². The van der Waals surface area contributed by atoms with E-state index in [9.17, 15) is 0 Å². The molecule has 0 aliphatic rings. The number of hydrogen-bond acceptors (Lipinski definition) is 5. The highest BCUT2D eigenvalue weighted by atomic mass is 127. The van der Waals surface area contributed by atoms with Gasteiger partial charge in [0, 0.05) is 29.1 Å². The van der Waals surface area contributed by atoms with Gasteiger partial charge in [-0.2, -0.15) is 0 Å². The maximum absolute atomic E-state index is 4.68. The van der Waals surface area contributed by atoms with Gasteiger partial charge in [-0.1, -0.05) is 37.3 Å². The van der Waals surface area contributed by atoms with Crippen molar-refractivity contribution in [2.75, 3.05) is 7.05 Å². The molecule has 2 N–H and O–H groups in total. The summed E-state index contributed by atoms with van der Waals surface area (Å²) < 4.78 is 0. The van der Waals surface area contributed by atoms with Crippen LogP contribution in [0.15, 0.2) is 46.9 Å². The highest BCUT2D eigenvalue weighted by Crippen LogP contribution is 2.21. The van der Waals surface area contributed by atoms with Crippen molar-refractivity contribution in [3.63, 3.8) is 0 Å². The predicted octanol–water partition coefficient (Wildman–Crippen LogP) is 4.31. The summed E-state index contributed by atoms with van der Waals surface area (Å²) in [4.78, 5) is 14.7. The minimum Gasteiger partial charge on any atom is -0.350 e. The third-order valence-corrected chi connectivity index (χ3v) is 5.60. The second-order valence-corrected chi connectivity index (χ2v) is 7.49. The molecule has 0 saturated carbocycles. The molecule has 8 heteroatoms. The molecule has 3 aromatic rings. The number of aromatic nitrogens is 2. The van der Waals surface area contributed by atoms with E-state index in [1.807, 2.05) is 24.4 Å². The first-order valence-electron chi connectivity index (χ1n) is 8.16. The molecule has 0 radical (unpaired) electrons. The van der Waals surface area contributed by atoms with Gasteiger partial charge < -0.3 is 10.6 Å². The van der Waals surface area contributed by atoms with E-state index in [1.54, 1.807) is 29.7 Å². The van der Waals surface area contributed by atoms with E-state index >= 15 is 0 Å². The summed E-state index contributed by atoms with van der Waals surface area (Å²) >= 11 is 3.39. The Bertz CT molecular complexity index is 829. The van der Waals surface area contributed by atoms with E-state index in [1.165, 1.54) is 4.88 Å². The molecule has 1 aromatic carbocycles. The molecule has 0 bridgehead atoms. The van der Waals surface area contributed by atoms with E-state index in [0.29, 0.717) is 13.1 Å². The minimum absolute atomic E-state index is 0. The van der Waals surface area contributed by atoms with Crippen molar-refractivity contribution in [1.82, 2.24) is 20.6 Å². The largest absolute Gasteiger partial charge is 0.350 e. The number of guanidine groups is 1. The molecule has 0 aliphatic carbocycles. The normalized spacial score (nSPS) is 11.1. The average Bonchev–Trinajstić information content (AvgIpc) is 3.32. The summed E-state index contributed by atoms with van der Waals surface area (Å²) in [6, 6.07) is 10.2. The number of halogens is 1. The molecule has 26 heavy (non-hydrogen) atoms. The fraction of sp³-hybridized carbons (Fsp3) is 0.278. The number of aryl methyl sites for hydroxylation is 1. The maximum Gasteiger partial charge on any atom is 0.191 e. The van der Waals surface area contributed by atoms with Gasteiger partial charge >= 0.3 is 0 Å². The van der Waals surface area contributed by atoms with Gasteiger partial charge in [0.15, 0.2) is 5.96 Å². The highest BCUT2D eigenvalue weighted by Gasteiger charge is 2.06. The second-order valence-electron chi connectivity index (χ2n) is 5.35. The Labute approximate surface area is 179 Å². The van der Waals surface area contributed by atoms with Crippen molar-refractivity contribution in [1.29, 1.82) is 0 Å². The molecule has 0 fully saturated rings. The van der Waals surface area contributed by atoms with Gasteiger partial charge in [-0.15, -0.1) is 46.7 Å². The van der Waals surface area contributed by atoms with Crippen molar-refractivity contribution < 1.29 is 0 Å². The standard InChI is InChI=1S/C18H21N5S2.HI/c1-3-14-9-20-16(25-14)10-21-18(19-2)22-11-17-23-15(12-24-17)13-7-5-4-6-8-13;/h4-9,12H,3,10-11H2,1-2H3,(H2,19,21,22);1H. The first kappa shape index (κ1) is 20.8. The molecule has 0 atom stereocenters. The van der Waals surface area contributed by atoms with Gasteiger partial charge in [0.1, 0.15) is 10.0 Å². The lowest BCUT2D eigenvalue weighted by atomic mass is 10.2. The van der Waals surface area contributed by atoms with Crippen LogP contribution in [0.4, 0.5) is 0 Å². The maximum atomic E-state index is 4.68. The molecule has 0 spiro atoms. The molecule has 2 aromatic heterocycles. The molecule has 2 heterocycles. The monoisotopic (exact) mass is 499 g/mol. The Hall–Kier alpha value is -1.52. The SMILES string of the molecule is CCc1cnc(CNC(=NC)NCc2nc(-c3ccccc3)cs2)s1.I. The third kappa shape index (κ3) is 5.75. The Morgan fingerprint density at radius 3 is 2.50 bits per heavy atom. The quantitative estimate of drug-likeness (QED) is 0.302. The predicted molar refractivity (Wildman–Crippen MR) is 121 cm³/mol. The lowest BCUT2D eigenvalue weighted by molar-refractivity contribution is 0.801. The van der Waals surface area contributed by atoms with Crippen LogP contribution in [0.25, 0.3) is 11.3 Å². The van der Waals surface area contributed by atoms with Crippen LogP contribution < -0.4 is 10.6 Å². The van der Waals surface area contributed by atoms with Gasteiger partial charge in [-0.3, -0.25) is 4.99 Å². The molecule has 3 rings (SSSR count). The zero-order valence-corrected chi connectivity index (χ0v) is 18.7. The molecule has 0 saturated heterocycles. The second kappa shape index (κ2) is 10.6. The Morgan fingerprint density at radius 2 is 1.85 bits per heavy atom. The van der Waals surface area contributed by atoms with E-state index in [-0.39, 0.29) is 24.0 Å². The van der Waals surface area contributed by atoms with Crippen LogP contribution in [0.1, 0.15) is 21.8 Å². The first-order chi connectivity index (χ1) is 12.3. The smallest absolute Gasteiger partial charge is 0.191 e. The van der Waals surface area contributed by atoms with Gasteiger partial charge in [0.05, 0.1) is 18.8 Å². The molecule has 138 valence electrons. The van der Waals surface area contributed by atoms with Crippen molar-refractivity contribution in [3.05, 3.63) is 56.8 Å². The average molecular weight is 499 g/mol. The lowest BCUT2D eigenvalue weighted by Crippen LogP contribution is -2.36. The number of rotatable bonds is 6. The Morgan fingerprint density at radius 1 is 1.12 bits per heavy atom. The zero-order chi connectivity index (χ0) is 17.5. The van der Waals surface area contributed by atoms with Crippen LogP contribution in [0.3, 0.4) is 0 Å². The highest BCUT2D eigenvalue weighted by molar-refractivity contribution is 14.0. The molecule has 5 nitrogen and oxygen atoms in total. The van der Waals surface area contributed by atoms with Gasteiger partial charge in [-0.25, -0.2) is 9.97 Å². The fourth-order valence-electron chi connectivity index (χ4n) is 2.27. The number of benzene rings is 1. The van der Waals surface area contributed by atoms with Crippen molar-refractivity contribution in [2.45, 2.75) is 26.4 Å².